The van der Waals surface area contributed by atoms with Crippen LogP contribution in [0.25, 0.3) is 10.9 Å². The van der Waals surface area contributed by atoms with E-state index in [-0.39, 0.29) is 0 Å². The SMILES string of the molecule is C=C(CCCCCCC/C=C\C/C=C\CCCCC)Cc1cccc2[nH]cc(C(CC)CCC)c12.CC. The fraction of sp³-hybridized carbons (Fsp3) is 0.611. The molecule has 1 heterocycles. The fourth-order valence-corrected chi connectivity index (χ4v) is 5.23. The van der Waals surface area contributed by atoms with Crippen LogP contribution in [0.4, 0.5) is 0 Å². The lowest BCUT2D eigenvalue weighted by Crippen LogP contribution is -1.98. The Morgan fingerprint density at radius 1 is 0.838 bits per heavy atom. The van der Waals surface area contributed by atoms with Crippen molar-refractivity contribution in [1.29, 1.82) is 0 Å². The summed E-state index contributed by atoms with van der Waals surface area (Å²) in [6.45, 7) is 15.3. The molecular formula is C36H59N. The van der Waals surface area contributed by atoms with Crippen molar-refractivity contribution in [2.45, 2.75) is 143 Å². The molecule has 0 aliphatic rings. The van der Waals surface area contributed by atoms with Gasteiger partial charge in [-0.2, -0.15) is 0 Å². The van der Waals surface area contributed by atoms with E-state index in [2.05, 4.69) is 81.0 Å². The molecule has 2 rings (SSSR count). The normalized spacial score (nSPS) is 12.4. The summed E-state index contributed by atoms with van der Waals surface area (Å²) in [6.07, 6.45) is 31.8. The Bertz CT molecular complexity index is 881. The van der Waals surface area contributed by atoms with Crippen molar-refractivity contribution in [2.75, 3.05) is 0 Å². The van der Waals surface area contributed by atoms with Crippen LogP contribution in [0.5, 0.6) is 0 Å². The third kappa shape index (κ3) is 13.4. The van der Waals surface area contributed by atoms with E-state index in [1.165, 1.54) is 111 Å². The quantitative estimate of drug-likeness (QED) is 0.136. The van der Waals surface area contributed by atoms with Crippen LogP contribution < -0.4 is 0 Å². The van der Waals surface area contributed by atoms with Gasteiger partial charge in [-0.25, -0.2) is 0 Å². The fourth-order valence-electron chi connectivity index (χ4n) is 5.23. The zero-order valence-electron chi connectivity index (χ0n) is 25.2. The number of H-pyrrole nitrogens is 1. The molecule has 0 saturated heterocycles. The molecule has 1 heteroatoms. The number of aromatic amines is 1. The van der Waals surface area contributed by atoms with Gasteiger partial charge >= 0.3 is 0 Å². The third-order valence-corrected chi connectivity index (χ3v) is 7.31. The third-order valence-electron chi connectivity index (χ3n) is 7.31. The number of fused-ring (bicyclic) bond motifs is 1. The summed E-state index contributed by atoms with van der Waals surface area (Å²) in [5.41, 5.74) is 5.65. The number of nitrogens with one attached hydrogen (secondary N) is 1. The molecule has 37 heavy (non-hydrogen) atoms. The van der Waals surface area contributed by atoms with Gasteiger partial charge in [0, 0.05) is 17.1 Å². The molecule has 1 nitrogen and oxygen atoms in total. The summed E-state index contributed by atoms with van der Waals surface area (Å²) in [5, 5.41) is 1.47. The Morgan fingerprint density at radius 3 is 2.19 bits per heavy atom. The summed E-state index contributed by atoms with van der Waals surface area (Å²) in [7, 11) is 0. The van der Waals surface area contributed by atoms with Crippen molar-refractivity contribution in [3.63, 3.8) is 0 Å². The number of benzene rings is 1. The second-order valence-electron chi connectivity index (χ2n) is 10.4. The largest absolute Gasteiger partial charge is 0.361 e. The number of allylic oxidation sites excluding steroid dienone is 5. The van der Waals surface area contributed by atoms with Gasteiger partial charge in [0.05, 0.1) is 0 Å². The van der Waals surface area contributed by atoms with Crippen molar-refractivity contribution >= 4 is 10.9 Å². The molecule has 2 aromatic rings. The molecule has 0 spiro atoms. The van der Waals surface area contributed by atoms with Gasteiger partial charge in [0.2, 0.25) is 0 Å². The van der Waals surface area contributed by atoms with Crippen molar-refractivity contribution < 1.29 is 0 Å². The van der Waals surface area contributed by atoms with E-state index in [9.17, 15) is 0 Å². The van der Waals surface area contributed by atoms with Crippen molar-refractivity contribution in [1.82, 2.24) is 4.98 Å². The molecule has 1 atom stereocenters. The van der Waals surface area contributed by atoms with Gasteiger partial charge in [-0.15, -0.1) is 0 Å². The van der Waals surface area contributed by atoms with Crippen LogP contribution in [0.1, 0.15) is 148 Å². The van der Waals surface area contributed by atoms with E-state index in [1.807, 2.05) is 13.8 Å². The Morgan fingerprint density at radius 2 is 1.51 bits per heavy atom. The summed E-state index contributed by atoms with van der Waals surface area (Å²) >= 11 is 0. The highest BCUT2D eigenvalue weighted by Gasteiger charge is 2.16. The van der Waals surface area contributed by atoms with Crippen LogP contribution in [0.15, 0.2) is 60.9 Å². The second-order valence-corrected chi connectivity index (χ2v) is 10.4. The Hall–Kier alpha value is -2.02. The summed E-state index contributed by atoms with van der Waals surface area (Å²) in [6, 6.07) is 6.74. The van der Waals surface area contributed by atoms with E-state index in [0.29, 0.717) is 5.92 Å². The molecule has 0 aliphatic carbocycles. The first-order valence-corrected chi connectivity index (χ1v) is 15.8. The van der Waals surface area contributed by atoms with Gasteiger partial charge in [-0.05, 0) is 87.3 Å². The lowest BCUT2D eigenvalue weighted by atomic mass is 9.88. The van der Waals surface area contributed by atoms with Gasteiger partial charge in [-0.1, -0.05) is 122 Å². The summed E-state index contributed by atoms with van der Waals surface area (Å²) in [4.78, 5) is 3.54. The molecule has 1 aromatic heterocycles. The first-order valence-electron chi connectivity index (χ1n) is 15.8. The van der Waals surface area contributed by atoms with E-state index in [1.54, 1.807) is 0 Å². The van der Waals surface area contributed by atoms with Gasteiger partial charge in [0.25, 0.3) is 0 Å². The molecule has 0 saturated carbocycles. The van der Waals surface area contributed by atoms with Gasteiger partial charge < -0.3 is 4.98 Å². The van der Waals surface area contributed by atoms with E-state index >= 15 is 0 Å². The van der Waals surface area contributed by atoms with Gasteiger partial charge in [0.1, 0.15) is 0 Å². The molecule has 1 aromatic carbocycles. The number of rotatable bonds is 20. The maximum absolute atomic E-state index is 4.45. The van der Waals surface area contributed by atoms with Crippen LogP contribution in [-0.4, -0.2) is 4.98 Å². The Labute approximate surface area is 230 Å². The Balaban J connectivity index is 0.00000334. The highest BCUT2D eigenvalue weighted by Crippen LogP contribution is 2.34. The molecule has 0 bridgehead atoms. The van der Waals surface area contributed by atoms with Gasteiger partial charge in [-0.3, -0.25) is 0 Å². The zero-order chi connectivity index (χ0) is 27.1. The second kappa shape index (κ2) is 22.0. The molecule has 208 valence electrons. The lowest BCUT2D eigenvalue weighted by Gasteiger charge is -2.15. The molecular weight excluding hydrogens is 446 g/mol. The molecule has 1 N–H and O–H groups in total. The highest BCUT2D eigenvalue weighted by atomic mass is 14.7. The topological polar surface area (TPSA) is 15.8 Å². The molecule has 0 amide bonds. The van der Waals surface area contributed by atoms with E-state index in [4.69, 9.17) is 0 Å². The number of unbranched alkanes of at least 4 members (excludes halogenated alkanes) is 8. The predicted molar refractivity (Wildman–Crippen MR) is 170 cm³/mol. The summed E-state index contributed by atoms with van der Waals surface area (Å²) in [5.74, 6) is 0.657. The number of hydrogen-bond acceptors (Lipinski definition) is 0. The average Bonchev–Trinajstić information content (AvgIpc) is 3.35. The molecule has 0 aliphatic heterocycles. The van der Waals surface area contributed by atoms with Crippen LogP contribution in [-0.2, 0) is 6.42 Å². The number of aromatic nitrogens is 1. The van der Waals surface area contributed by atoms with Crippen LogP contribution in [0.3, 0.4) is 0 Å². The minimum Gasteiger partial charge on any atom is -0.361 e. The first kappa shape index (κ1) is 33.0. The lowest BCUT2D eigenvalue weighted by molar-refractivity contribution is 0.599. The van der Waals surface area contributed by atoms with Gasteiger partial charge in [0.15, 0.2) is 0 Å². The number of hydrogen-bond donors (Lipinski definition) is 1. The van der Waals surface area contributed by atoms with E-state index < -0.39 is 0 Å². The predicted octanol–water partition coefficient (Wildman–Crippen LogP) is 12.4. The molecule has 0 radical (unpaired) electrons. The maximum Gasteiger partial charge on any atom is 0.0459 e. The van der Waals surface area contributed by atoms with Crippen LogP contribution in [0.2, 0.25) is 0 Å². The Kier molecular flexibility index (Phi) is 19.6. The molecule has 1 unspecified atom stereocenters. The monoisotopic (exact) mass is 505 g/mol. The minimum atomic E-state index is 0.657. The van der Waals surface area contributed by atoms with Crippen LogP contribution in [0, 0.1) is 0 Å². The van der Waals surface area contributed by atoms with Crippen molar-refractivity contribution in [2.24, 2.45) is 0 Å². The van der Waals surface area contributed by atoms with E-state index in [0.717, 1.165) is 19.3 Å². The van der Waals surface area contributed by atoms with Crippen molar-refractivity contribution in [3.8, 4) is 0 Å². The highest BCUT2D eigenvalue weighted by molar-refractivity contribution is 5.87. The average molecular weight is 506 g/mol. The molecule has 0 fully saturated rings. The van der Waals surface area contributed by atoms with Crippen LogP contribution >= 0.6 is 0 Å². The standard InChI is InChI=1S/C34H53N.C2H6/c1-5-8-9-10-11-12-13-14-15-16-17-18-19-20-21-24-29(4)27-31-25-22-26-33-34(31)32(28-35-33)30(7-3)23-6-2;1-2/h11-12,14-15,22,25-26,28,30,35H,4-10,13,16-21,23-24,27H2,1-3H3;1-2H3/b12-11-,15-14-;. The maximum atomic E-state index is 4.45. The first-order chi connectivity index (χ1) is 18.2. The summed E-state index contributed by atoms with van der Waals surface area (Å²) < 4.78 is 0. The minimum absolute atomic E-state index is 0.657. The smallest absolute Gasteiger partial charge is 0.0459 e. The zero-order valence-corrected chi connectivity index (χ0v) is 25.2. The van der Waals surface area contributed by atoms with Crippen molar-refractivity contribution in [3.05, 3.63) is 72.0 Å².